The van der Waals surface area contributed by atoms with Crippen molar-refractivity contribution in [3.8, 4) is 0 Å². The van der Waals surface area contributed by atoms with Gasteiger partial charge in [-0.05, 0) is 28.2 Å². The number of aliphatic hydroxyl groups is 1. The molecule has 0 aromatic carbocycles. The zero-order chi connectivity index (χ0) is 17.0. The van der Waals surface area contributed by atoms with Gasteiger partial charge < -0.3 is 19.8 Å². The number of hydrogen-bond acceptors (Lipinski definition) is 5. The summed E-state index contributed by atoms with van der Waals surface area (Å²) in [7, 11) is 13.0. The van der Waals surface area contributed by atoms with Crippen molar-refractivity contribution in [3.63, 3.8) is 0 Å². The molecule has 0 unspecified atom stereocenters. The van der Waals surface area contributed by atoms with Gasteiger partial charge in [0.05, 0.1) is 33.8 Å². The maximum absolute atomic E-state index is 9.18. The van der Waals surface area contributed by atoms with E-state index in [9.17, 15) is 5.11 Å². The number of rotatable bonds is 14. The third kappa shape index (κ3) is 12.3. The van der Waals surface area contributed by atoms with Crippen molar-refractivity contribution in [2.45, 2.75) is 0 Å². The molecule has 0 aromatic heterocycles. The third-order valence-electron chi connectivity index (χ3n) is 4.13. The van der Waals surface area contributed by atoms with Crippen molar-refractivity contribution in [1.29, 1.82) is 0 Å². The lowest BCUT2D eigenvalue weighted by atomic mass is 10.3. The van der Waals surface area contributed by atoms with Crippen LogP contribution in [0.25, 0.3) is 0 Å². The highest BCUT2D eigenvalue weighted by atomic mass is 16.3. The van der Waals surface area contributed by atoms with Crippen molar-refractivity contribution < 1.29 is 9.59 Å². The second-order valence-corrected chi connectivity index (χ2v) is 7.16. The molecule has 0 rings (SSSR count). The van der Waals surface area contributed by atoms with Crippen LogP contribution in [0.1, 0.15) is 0 Å². The summed E-state index contributed by atoms with van der Waals surface area (Å²) in [5, 5.41) is 12.4. The zero-order valence-corrected chi connectivity index (χ0v) is 15.8. The topological polar surface area (TPSA) is 42.0 Å². The summed E-state index contributed by atoms with van der Waals surface area (Å²) in [6, 6.07) is 0. The van der Waals surface area contributed by atoms with Crippen LogP contribution in [0.5, 0.6) is 0 Å². The largest absolute Gasteiger partial charge is 0.395 e. The molecule has 6 heteroatoms. The highest BCUT2D eigenvalue weighted by molar-refractivity contribution is 4.62. The van der Waals surface area contributed by atoms with Gasteiger partial charge >= 0.3 is 0 Å². The Balaban J connectivity index is 3.99. The van der Waals surface area contributed by atoms with Gasteiger partial charge in [-0.3, -0.25) is 9.80 Å². The van der Waals surface area contributed by atoms with Gasteiger partial charge in [0.1, 0.15) is 0 Å². The Kier molecular flexibility index (Phi) is 12.1. The standard InChI is InChI=1S/C16H40N5O/c1-17-7-14-21(5,6)15-12-19(4)9-11-20(13-16-22)10-8-18(2)3/h17,22H,7-16H2,1-6H3/q+1. The number of nitrogens with one attached hydrogen (secondary N) is 1. The van der Waals surface area contributed by atoms with E-state index in [1.807, 2.05) is 7.05 Å². The number of likely N-dealkylation sites (N-methyl/N-ethyl adjacent to an activating group) is 4. The minimum Gasteiger partial charge on any atom is -0.395 e. The van der Waals surface area contributed by atoms with Gasteiger partial charge in [0.25, 0.3) is 0 Å². The third-order valence-corrected chi connectivity index (χ3v) is 4.13. The van der Waals surface area contributed by atoms with E-state index < -0.39 is 0 Å². The first-order chi connectivity index (χ1) is 10.3. The predicted molar refractivity (Wildman–Crippen MR) is 95.3 cm³/mol. The van der Waals surface area contributed by atoms with E-state index in [-0.39, 0.29) is 6.61 Å². The lowest BCUT2D eigenvalue weighted by Crippen LogP contribution is -2.48. The Bertz CT molecular complexity index is 261. The molecule has 0 heterocycles. The number of quaternary nitrogens is 1. The van der Waals surface area contributed by atoms with Crippen LogP contribution in [0.15, 0.2) is 0 Å². The fourth-order valence-corrected chi connectivity index (χ4v) is 2.21. The van der Waals surface area contributed by atoms with Crippen LogP contribution in [-0.4, -0.2) is 132 Å². The van der Waals surface area contributed by atoms with Crippen LogP contribution >= 0.6 is 0 Å². The lowest BCUT2D eigenvalue weighted by Gasteiger charge is -2.32. The second kappa shape index (κ2) is 12.2. The second-order valence-electron chi connectivity index (χ2n) is 7.16. The van der Waals surface area contributed by atoms with Gasteiger partial charge in [-0.1, -0.05) is 0 Å². The minimum absolute atomic E-state index is 0.241. The molecule has 6 nitrogen and oxygen atoms in total. The number of aliphatic hydroxyl groups excluding tert-OH is 1. The van der Waals surface area contributed by atoms with Crippen molar-refractivity contribution >= 4 is 0 Å². The van der Waals surface area contributed by atoms with Crippen LogP contribution < -0.4 is 5.32 Å². The number of nitrogens with zero attached hydrogens (tertiary/aromatic N) is 4. The fourth-order valence-electron chi connectivity index (χ4n) is 2.21. The Morgan fingerprint density at radius 1 is 0.864 bits per heavy atom. The molecule has 0 aliphatic carbocycles. The minimum atomic E-state index is 0.241. The normalized spacial score (nSPS) is 12.8. The molecule has 0 bridgehead atoms. The van der Waals surface area contributed by atoms with Gasteiger partial charge in [0, 0.05) is 45.8 Å². The van der Waals surface area contributed by atoms with Crippen LogP contribution in [-0.2, 0) is 0 Å². The molecule has 0 saturated carbocycles. The van der Waals surface area contributed by atoms with Gasteiger partial charge in [-0.2, -0.15) is 0 Å². The molecule has 0 amide bonds. The Hall–Kier alpha value is -0.240. The van der Waals surface area contributed by atoms with Gasteiger partial charge in [-0.25, -0.2) is 0 Å². The molecule has 0 spiro atoms. The van der Waals surface area contributed by atoms with Crippen LogP contribution in [0.3, 0.4) is 0 Å². The molecule has 0 aromatic rings. The SMILES string of the molecule is CNCC[N+](C)(C)CCN(C)CCN(CCO)CCN(C)C. The fraction of sp³-hybridized carbons (Fsp3) is 1.00. The first-order valence-electron chi connectivity index (χ1n) is 8.44. The summed E-state index contributed by atoms with van der Waals surface area (Å²) in [4.78, 5) is 6.94. The van der Waals surface area contributed by atoms with E-state index in [1.165, 1.54) is 0 Å². The van der Waals surface area contributed by atoms with E-state index in [1.54, 1.807) is 0 Å². The van der Waals surface area contributed by atoms with Gasteiger partial charge in [0.2, 0.25) is 0 Å². The summed E-state index contributed by atoms with van der Waals surface area (Å²) in [5.74, 6) is 0. The average molecular weight is 319 g/mol. The van der Waals surface area contributed by atoms with Crippen molar-refractivity contribution in [2.24, 2.45) is 0 Å². The van der Waals surface area contributed by atoms with Crippen molar-refractivity contribution in [3.05, 3.63) is 0 Å². The monoisotopic (exact) mass is 318 g/mol. The van der Waals surface area contributed by atoms with Crippen LogP contribution in [0, 0.1) is 0 Å². The maximum Gasteiger partial charge on any atom is 0.0912 e. The summed E-state index contributed by atoms with van der Waals surface area (Å²) in [6.45, 7) is 9.64. The first-order valence-corrected chi connectivity index (χ1v) is 8.44. The Morgan fingerprint density at radius 3 is 2.05 bits per heavy atom. The lowest BCUT2D eigenvalue weighted by molar-refractivity contribution is -0.888. The van der Waals surface area contributed by atoms with Gasteiger partial charge in [0.15, 0.2) is 0 Å². The smallest absolute Gasteiger partial charge is 0.0912 e. The molecule has 22 heavy (non-hydrogen) atoms. The van der Waals surface area contributed by atoms with E-state index in [0.717, 1.165) is 63.4 Å². The maximum atomic E-state index is 9.18. The Morgan fingerprint density at radius 2 is 1.50 bits per heavy atom. The summed E-state index contributed by atoms with van der Waals surface area (Å²) >= 11 is 0. The highest BCUT2D eigenvalue weighted by Crippen LogP contribution is 1.98. The molecule has 0 aliphatic rings. The van der Waals surface area contributed by atoms with E-state index in [0.29, 0.717) is 0 Å². The van der Waals surface area contributed by atoms with E-state index in [2.05, 4.69) is 55.3 Å². The van der Waals surface area contributed by atoms with E-state index in [4.69, 9.17) is 0 Å². The molecule has 0 saturated heterocycles. The molecule has 0 radical (unpaired) electrons. The summed E-state index contributed by atoms with van der Waals surface area (Å²) in [5.41, 5.74) is 0. The predicted octanol–water partition coefficient (Wildman–Crippen LogP) is -0.930. The number of hydrogen-bond donors (Lipinski definition) is 2. The van der Waals surface area contributed by atoms with Gasteiger partial charge in [-0.15, -0.1) is 0 Å². The van der Waals surface area contributed by atoms with Crippen molar-refractivity contribution in [2.75, 3.05) is 108 Å². The quantitative estimate of drug-likeness (QED) is 0.405. The average Bonchev–Trinajstić information content (AvgIpc) is 2.46. The Labute approximate surface area is 138 Å². The van der Waals surface area contributed by atoms with E-state index >= 15 is 0 Å². The summed E-state index contributed by atoms with van der Waals surface area (Å²) in [6.07, 6.45) is 0. The molecule has 134 valence electrons. The highest BCUT2D eigenvalue weighted by Gasteiger charge is 2.15. The molecule has 0 fully saturated rings. The van der Waals surface area contributed by atoms with Crippen LogP contribution in [0.2, 0.25) is 0 Å². The van der Waals surface area contributed by atoms with Crippen LogP contribution in [0.4, 0.5) is 0 Å². The first kappa shape index (κ1) is 21.8. The molecule has 0 aliphatic heterocycles. The molecule has 2 N–H and O–H groups in total. The zero-order valence-electron chi connectivity index (χ0n) is 15.8. The van der Waals surface area contributed by atoms with Crippen molar-refractivity contribution in [1.82, 2.24) is 20.0 Å². The summed E-state index contributed by atoms with van der Waals surface area (Å²) < 4.78 is 1.05. The molecular formula is C16H40N5O+. The molecule has 0 atom stereocenters. The molecular weight excluding hydrogens is 278 g/mol.